The van der Waals surface area contributed by atoms with Crippen molar-refractivity contribution in [3.8, 4) is 5.75 Å². The van der Waals surface area contributed by atoms with Crippen molar-refractivity contribution >= 4 is 45.7 Å². The van der Waals surface area contributed by atoms with Crippen LogP contribution in [0.15, 0.2) is 72.8 Å². The molecule has 5 heteroatoms. The second kappa shape index (κ2) is 9.24. The van der Waals surface area contributed by atoms with Gasteiger partial charge in [-0.2, -0.15) is 0 Å². The Morgan fingerprint density at radius 2 is 1.63 bits per heavy atom. The third-order valence-electron chi connectivity index (χ3n) is 4.26. The van der Waals surface area contributed by atoms with Gasteiger partial charge in [-0.15, -0.1) is 0 Å². The monoisotopic (exact) mass is 491 g/mol. The third-order valence-corrected chi connectivity index (χ3v) is 5.23. The SMILES string of the molecule is COc1ccc(C(=O)CC(Nc2ccc(I)cc2)c2ccc(Cl)cc2)cc1. The maximum Gasteiger partial charge on any atom is 0.165 e. The Bertz CT molecular complexity index is 893. The number of Topliss-reactive ketones (excluding diaryl/α,β-unsaturated/α-hetero) is 1. The molecule has 3 aromatic rings. The molecule has 0 aliphatic heterocycles. The van der Waals surface area contributed by atoms with E-state index in [4.69, 9.17) is 16.3 Å². The summed E-state index contributed by atoms with van der Waals surface area (Å²) in [5.74, 6) is 0.799. The maximum absolute atomic E-state index is 12.8. The Morgan fingerprint density at radius 1 is 1.00 bits per heavy atom. The minimum absolute atomic E-state index is 0.0654. The van der Waals surface area contributed by atoms with Crippen molar-refractivity contribution in [2.45, 2.75) is 12.5 Å². The molecule has 138 valence electrons. The van der Waals surface area contributed by atoms with E-state index >= 15 is 0 Å². The van der Waals surface area contributed by atoms with E-state index in [0.717, 1.165) is 20.6 Å². The molecule has 3 aromatic carbocycles. The highest BCUT2D eigenvalue weighted by Gasteiger charge is 2.17. The predicted molar refractivity (Wildman–Crippen MR) is 119 cm³/mol. The molecule has 0 amide bonds. The van der Waals surface area contributed by atoms with Gasteiger partial charge in [0.1, 0.15) is 5.75 Å². The summed E-state index contributed by atoms with van der Waals surface area (Å²) in [7, 11) is 1.61. The van der Waals surface area contributed by atoms with E-state index in [2.05, 4.69) is 27.9 Å². The quantitative estimate of drug-likeness (QED) is 0.308. The van der Waals surface area contributed by atoms with Crippen molar-refractivity contribution < 1.29 is 9.53 Å². The molecule has 1 unspecified atom stereocenters. The number of ketones is 1. The average Bonchev–Trinajstić information content (AvgIpc) is 2.70. The van der Waals surface area contributed by atoms with Crippen LogP contribution in [0.3, 0.4) is 0 Å². The Hall–Kier alpha value is -2.05. The minimum atomic E-state index is -0.156. The molecule has 3 nitrogen and oxygen atoms in total. The number of carbonyl (C=O) groups excluding carboxylic acids is 1. The smallest absolute Gasteiger partial charge is 0.165 e. The Labute approximate surface area is 177 Å². The number of methoxy groups -OCH3 is 1. The second-order valence-corrected chi connectivity index (χ2v) is 7.79. The molecule has 0 spiro atoms. The number of hydrogen-bond donors (Lipinski definition) is 1. The van der Waals surface area contributed by atoms with Crippen LogP contribution in [0.1, 0.15) is 28.4 Å². The summed E-state index contributed by atoms with van der Waals surface area (Å²) in [6.07, 6.45) is 0.333. The van der Waals surface area contributed by atoms with Crippen molar-refractivity contribution in [2.24, 2.45) is 0 Å². The lowest BCUT2D eigenvalue weighted by atomic mass is 9.97. The number of carbonyl (C=O) groups is 1. The largest absolute Gasteiger partial charge is 0.497 e. The zero-order valence-corrected chi connectivity index (χ0v) is 17.7. The van der Waals surface area contributed by atoms with Crippen LogP contribution in [0, 0.1) is 3.57 Å². The van der Waals surface area contributed by atoms with Gasteiger partial charge in [-0.1, -0.05) is 23.7 Å². The fourth-order valence-corrected chi connectivity index (χ4v) is 3.26. The van der Waals surface area contributed by atoms with Gasteiger partial charge in [0.2, 0.25) is 0 Å². The normalized spacial score (nSPS) is 11.7. The van der Waals surface area contributed by atoms with E-state index in [9.17, 15) is 4.79 Å². The van der Waals surface area contributed by atoms with Gasteiger partial charge >= 0.3 is 0 Å². The Morgan fingerprint density at radius 3 is 2.22 bits per heavy atom. The number of ether oxygens (including phenoxy) is 1. The molecule has 0 heterocycles. The molecular weight excluding hydrogens is 473 g/mol. The highest BCUT2D eigenvalue weighted by atomic mass is 127. The van der Waals surface area contributed by atoms with Gasteiger partial charge in [-0.3, -0.25) is 4.79 Å². The molecule has 0 aliphatic rings. The lowest BCUT2D eigenvalue weighted by molar-refractivity contribution is 0.0976. The topological polar surface area (TPSA) is 38.3 Å². The van der Waals surface area contributed by atoms with Crippen LogP contribution in [0.4, 0.5) is 5.69 Å². The molecule has 0 aromatic heterocycles. The van der Waals surface area contributed by atoms with Crippen LogP contribution >= 0.6 is 34.2 Å². The summed E-state index contributed by atoms with van der Waals surface area (Å²) in [6, 6.07) is 22.7. The van der Waals surface area contributed by atoms with E-state index in [1.807, 2.05) is 48.5 Å². The highest BCUT2D eigenvalue weighted by molar-refractivity contribution is 14.1. The van der Waals surface area contributed by atoms with Gasteiger partial charge in [0.05, 0.1) is 13.2 Å². The van der Waals surface area contributed by atoms with E-state index in [1.165, 1.54) is 0 Å². The van der Waals surface area contributed by atoms with Gasteiger partial charge in [0.15, 0.2) is 5.78 Å². The lowest BCUT2D eigenvalue weighted by Gasteiger charge is -2.20. The van der Waals surface area contributed by atoms with Crippen LogP contribution in [0.25, 0.3) is 0 Å². The number of halogens is 2. The van der Waals surface area contributed by atoms with Crippen LogP contribution < -0.4 is 10.1 Å². The van der Waals surface area contributed by atoms with Gasteiger partial charge < -0.3 is 10.1 Å². The van der Waals surface area contributed by atoms with Crippen molar-refractivity contribution in [3.05, 3.63) is 92.5 Å². The van der Waals surface area contributed by atoms with Crippen LogP contribution in [0.5, 0.6) is 5.75 Å². The fourth-order valence-electron chi connectivity index (χ4n) is 2.77. The Balaban J connectivity index is 1.82. The first-order valence-electron chi connectivity index (χ1n) is 8.50. The first kappa shape index (κ1) is 19.7. The molecule has 0 saturated carbocycles. The van der Waals surface area contributed by atoms with Crippen molar-refractivity contribution in [3.63, 3.8) is 0 Å². The summed E-state index contributed by atoms with van der Waals surface area (Å²) in [5, 5.41) is 4.15. The molecule has 27 heavy (non-hydrogen) atoms. The average molecular weight is 492 g/mol. The van der Waals surface area contributed by atoms with Crippen LogP contribution in [-0.4, -0.2) is 12.9 Å². The number of rotatable bonds is 7. The zero-order chi connectivity index (χ0) is 19.2. The van der Waals surface area contributed by atoms with E-state index < -0.39 is 0 Å². The van der Waals surface area contributed by atoms with E-state index in [-0.39, 0.29) is 11.8 Å². The molecule has 0 saturated heterocycles. The summed E-state index contributed by atoms with van der Waals surface area (Å²) in [6.45, 7) is 0. The molecule has 0 aliphatic carbocycles. The summed E-state index contributed by atoms with van der Waals surface area (Å²) >= 11 is 8.30. The van der Waals surface area contributed by atoms with E-state index in [1.54, 1.807) is 31.4 Å². The standard InChI is InChI=1S/C22H19ClINO2/c1-27-20-12-4-16(5-13-20)22(26)14-21(15-2-6-17(23)7-3-15)25-19-10-8-18(24)9-11-19/h2-13,21,25H,14H2,1H3. The van der Waals surface area contributed by atoms with Crippen LogP contribution in [0.2, 0.25) is 5.02 Å². The number of nitrogens with one attached hydrogen (secondary N) is 1. The predicted octanol–water partition coefficient (Wildman–Crippen LogP) is 6.38. The van der Waals surface area contributed by atoms with Gasteiger partial charge in [-0.05, 0) is 88.8 Å². The number of anilines is 1. The summed E-state index contributed by atoms with van der Waals surface area (Å²) in [4.78, 5) is 12.8. The molecule has 1 atom stereocenters. The molecule has 0 bridgehead atoms. The summed E-state index contributed by atoms with van der Waals surface area (Å²) in [5.41, 5.74) is 2.65. The fraction of sp³-hybridized carbons (Fsp3) is 0.136. The second-order valence-electron chi connectivity index (χ2n) is 6.11. The molecule has 3 rings (SSSR count). The molecule has 1 N–H and O–H groups in total. The van der Waals surface area contributed by atoms with Gasteiger partial charge in [0.25, 0.3) is 0 Å². The maximum atomic E-state index is 12.8. The first-order chi connectivity index (χ1) is 13.0. The van der Waals surface area contributed by atoms with Crippen molar-refractivity contribution in [1.29, 1.82) is 0 Å². The first-order valence-corrected chi connectivity index (χ1v) is 9.95. The number of hydrogen-bond acceptors (Lipinski definition) is 3. The van der Waals surface area contributed by atoms with Gasteiger partial charge in [0, 0.05) is 26.3 Å². The van der Waals surface area contributed by atoms with Crippen LogP contribution in [-0.2, 0) is 0 Å². The molecule has 0 radical (unpaired) electrons. The highest BCUT2D eigenvalue weighted by Crippen LogP contribution is 2.26. The third kappa shape index (κ3) is 5.47. The van der Waals surface area contributed by atoms with Crippen molar-refractivity contribution in [1.82, 2.24) is 0 Å². The Kier molecular flexibility index (Phi) is 6.74. The van der Waals surface area contributed by atoms with Gasteiger partial charge in [-0.25, -0.2) is 0 Å². The van der Waals surface area contributed by atoms with E-state index in [0.29, 0.717) is 17.0 Å². The zero-order valence-electron chi connectivity index (χ0n) is 14.8. The van der Waals surface area contributed by atoms with Crippen molar-refractivity contribution in [2.75, 3.05) is 12.4 Å². The molecule has 0 fully saturated rings. The molecular formula is C22H19ClINO2. The minimum Gasteiger partial charge on any atom is -0.497 e. The lowest BCUT2D eigenvalue weighted by Crippen LogP contribution is -2.16. The summed E-state index contributed by atoms with van der Waals surface area (Å²) < 4.78 is 6.32. The number of benzene rings is 3.